The Bertz CT molecular complexity index is 1380. The Morgan fingerprint density at radius 1 is 0.833 bits per heavy atom. The number of benzene rings is 3. The van der Waals surface area contributed by atoms with Gasteiger partial charge in [-0.1, -0.05) is 25.5 Å². The lowest BCUT2D eigenvalue weighted by molar-refractivity contribution is 0.0697. The molecule has 0 bridgehead atoms. The van der Waals surface area contributed by atoms with Crippen LogP contribution in [0.2, 0.25) is 0 Å². The summed E-state index contributed by atoms with van der Waals surface area (Å²) in [6.45, 7) is 2.16. The van der Waals surface area contributed by atoms with Crippen molar-refractivity contribution < 1.29 is 18.7 Å². The molecule has 148 valence electrons. The third kappa shape index (κ3) is 3.22. The number of aromatic nitrogens is 2. The first-order chi connectivity index (χ1) is 14.6. The van der Waals surface area contributed by atoms with Crippen LogP contribution in [-0.4, -0.2) is 21.0 Å². The molecule has 0 amide bonds. The number of aromatic carboxylic acids is 1. The molecule has 30 heavy (non-hydrogen) atoms. The highest BCUT2D eigenvalue weighted by Gasteiger charge is 2.14. The standard InChI is InChI=1S/C24H18N2O4/c1-2-3-14-4-6-15(7-5-14)22-25-18-10-8-16(12-20(18)29-22)23-26-19-11-9-17(24(27)28)13-21(19)30-23/h4-13H,2-3H2,1H3,(H,27,28). The molecule has 0 radical (unpaired) electrons. The van der Waals surface area contributed by atoms with Crippen LogP contribution in [0.4, 0.5) is 0 Å². The van der Waals surface area contributed by atoms with Crippen LogP contribution in [0.15, 0.2) is 69.5 Å². The lowest BCUT2D eigenvalue weighted by atomic mass is 10.1. The maximum Gasteiger partial charge on any atom is 0.335 e. The van der Waals surface area contributed by atoms with Crippen LogP contribution in [-0.2, 0) is 6.42 Å². The van der Waals surface area contributed by atoms with Crippen LogP contribution in [0.1, 0.15) is 29.3 Å². The third-order valence-electron chi connectivity index (χ3n) is 5.01. The maximum absolute atomic E-state index is 11.2. The lowest BCUT2D eigenvalue weighted by Crippen LogP contribution is -1.94. The zero-order valence-electron chi connectivity index (χ0n) is 16.3. The fourth-order valence-corrected chi connectivity index (χ4v) is 3.46. The summed E-state index contributed by atoms with van der Waals surface area (Å²) in [5, 5.41) is 9.14. The van der Waals surface area contributed by atoms with Crippen molar-refractivity contribution in [1.29, 1.82) is 0 Å². The van der Waals surface area contributed by atoms with Crippen molar-refractivity contribution in [2.75, 3.05) is 0 Å². The normalized spacial score (nSPS) is 11.4. The van der Waals surface area contributed by atoms with Gasteiger partial charge >= 0.3 is 5.97 Å². The fraction of sp³-hybridized carbons (Fsp3) is 0.125. The van der Waals surface area contributed by atoms with Gasteiger partial charge in [0.1, 0.15) is 11.0 Å². The van der Waals surface area contributed by atoms with Gasteiger partial charge in [-0.05, 0) is 60.5 Å². The van der Waals surface area contributed by atoms with Crippen LogP contribution >= 0.6 is 0 Å². The van der Waals surface area contributed by atoms with Gasteiger partial charge in [0.25, 0.3) is 0 Å². The zero-order chi connectivity index (χ0) is 20.7. The highest BCUT2D eigenvalue weighted by Crippen LogP contribution is 2.30. The number of oxazole rings is 2. The molecule has 3 aromatic carbocycles. The molecule has 5 aromatic rings. The first-order valence-corrected chi connectivity index (χ1v) is 9.75. The van der Waals surface area contributed by atoms with Crippen molar-refractivity contribution in [2.45, 2.75) is 19.8 Å². The average Bonchev–Trinajstić information content (AvgIpc) is 3.37. The van der Waals surface area contributed by atoms with Crippen LogP contribution in [0, 0.1) is 0 Å². The van der Waals surface area contributed by atoms with Gasteiger partial charge in [-0.3, -0.25) is 0 Å². The van der Waals surface area contributed by atoms with Crippen molar-refractivity contribution in [2.24, 2.45) is 0 Å². The Labute approximate surface area is 171 Å². The van der Waals surface area contributed by atoms with Gasteiger partial charge in [0.15, 0.2) is 11.2 Å². The number of hydrogen-bond donors (Lipinski definition) is 1. The van der Waals surface area contributed by atoms with E-state index in [1.54, 1.807) is 6.07 Å². The van der Waals surface area contributed by atoms with Crippen molar-refractivity contribution in [1.82, 2.24) is 9.97 Å². The number of aryl methyl sites for hydroxylation is 1. The third-order valence-corrected chi connectivity index (χ3v) is 5.01. The van der Waals surface area contributed by atoms with E-state index in [0.29, 0.717) is 28.5 Å². The van der Waals surface area contributed by atoms with Gasteiger partial charge in [-0.25, -0.2) is 14.8 Å². The SMILES string of the molecule is CCCc1ccc(-c2nc3ccc(-c4nc5ccc(C(=O)O)cc5o4)cc3o2)cc1. The van der Waals surface area contributed by atoms with Crippen LogP contribution in [0.25, 0.3) is 45.1 Å². The molecule has 0 unspecified atom stereocenters. The molecular formula is C24H18N2O4. The highest BCUT2D eigenvalue weighted by atomic mass is 16.4. The zero-order valence-corrected chi connectivity index (χ0v) is 16.3. The molecule has 5 rings (SSSR count). The summed E-state index contributed by atoms with van der Waals surface area (Å²) in [5.74, 6) is -0.0432. The van der Waals surface area contributed by atoms with Crippen LogP contribution in [0.5, 0.6) is 0 Å². The molecule has 0 atom stereocenters. The summed E-state index contributed by atoms with van der Waals surface area (Å²) in [7, 11) is 0. The summed E-state index contributed by atoms with van der Waals surface area (Å²) < 4.78 is 11.8. The molecule has 0 aliphatic carbocycles. The molecule has 1 N–H and O–H groups in total. The van der Waals surface area contributed by atoms with Gasteiger partial charge < -0.3 is 13.9 Å². The predicted octanol–water partition coefficient (Wildman–Crippen LogP) is 5.95. The Morgan fingerprint density at radius 2 is 1.43 bits per heavy atom. The molecular weight excluding hydrogens is 380 g/mol. The van der Waals surface area contributed by atoms with Crippen molar-refractivity contribution in [3.8, 4) is 22.9 Å². The summed E-state index contributed by atoms with van der Waals surface area (Å²) >= 11 is 0. The van der Waals surface area contributed by atoms with Gasteiger partial charge in [0.2, 0.25) is 11.8 Å². The Hall–Kier alpha value is -3.93. The van der Waals surface area contributed by atoms with E-state index in [-0.39, 0.29) is 5.56 Å². The minimum absolute atomic E-state index is 0.158. The minimum atomic E-state index is -1.01. The van der Waals surface area contributed by atoms with E-state index in [4.69, 9.17) is 13.9 Å². The molecule has 6 nitrogen and oxygen atoms in total. The molecule has 0 saturated heterocycles. The van der Waals surface area contributed by atoms with Crippen molar-refractivity contribution in [3.05, 3.63) is 71.8 Å². The minimum Gasteiger partial charge on any atom is -0.478 e. The van der Waals surface area contributed by atoms with E-state index < -0.39 is 5.97 Å². The summed E-state index contributed by atoms with van der Waals surface area (Å²) in [5.41, 5.74) is 5.51. The number of hydrogen-bond acceptors (Lipinski definition) is 5. The molecule has 0 fully saturated rings. The monoisotopic (exact) mass is 398 g/mol. The molecule has 2 aromatic heterocycles. The quantitative estimate of drug-likeness (QED) is 0.393. The Balaban J connectivity index is 1.50. The number of carboxylic acid groups (broad SMARTS) is 1. The van der Waals surface area contributed by atoms with E-state index in [1.165, 1.54) is 17.7 Å². The first-order valence-electron chi connectivity index (χ1n) is 9.75. The van der Waals surface area contributed by atoms with Crippen molar-refractivity contribution >= 4 is 28.2 Å². The van der Waals surface area contributed by atoms with Crippen LogP contribution in [0.3, 0.4) is 0 Å². The maximum atomic E-state index is 11.2. The second-order valence-electron chi connectivity index (χ2n) is 7.16. The Kier molecular flexibility index (Phi) is 4.32. The first kappa shape index (κ1) is 18.1. The number of carbonyl (C=O) groups is 1. The van der Waals surface area contributed by atoms with Gasteiger partial charge in [-0.15, -0.1) is 0 Å². The molecule has 0 aliphatic rings. The molecule has 2 heterocycles. The summed E-state index contributed by atoms with van der Waals surface area (Å²) in [6.07, 6.45) is 2.16. The second-order valence-corrected chi connectivity index (χ2v) is 7.16. The molecule has 0 saturated carbocycles. The highest BCUT2D eigenvalue weighted by molar-refractivity contribution is 5.92. The van der Waals surface area contributed by atoms with Gasteiger partial charge in [0, 0.05) is 11.1 Å². The molecule has 0 aliphatic heterocycles. The van der Waals surface area contributed by atoms with Gasteiger partial charge in [-0.2, -0.15) is 0 Å². The van der Waals surface area contributed by atoms with E-state index >= 15 is 0 Å². The van der Waals surface area contributed by atoms with E-state index in [1.807, 2.05) is 30.3 Å². The smallest absolute Gasteiger partial charge is 0.335 e. The summed E-state index contributed by atoms with van der Waals surface area (Å²) in [4.78, 5) is 20.2. The largest absolute Gasteiger partial charge is 0.478 e. The summed E-state index contributed by atoms with van der Waals surface area (Å²) in [6, 6.07) is 18.4. The number of carboxylic acids is 1. The number of fused-ring (bicyclic) bond motifs is 2. The van der Waals surface area contributed by atoms with E-state index in [9.17, 15) is 4.79 Å². The molecule has 0 spiro atoms. The van der Waals surface area contributed by atoms with E-state index in [2.05, 4.69) is 29.0 Å². The second kappa shape index (κ2) is 7.15. The molecule has 6 heteroatoms. The van der Waals surface area contributed by atoms with Gasteiger partial charge in [0.05, 0.1) is 5.56 Å². The average molecular weight is 398 g/mol. The fourth-order valence-electron chi connectivity index (χ4n) is 3.46. The lowest BCUT2D eigenvalue weighted by Gasteiger charge is -1.99. The number of nitrogens with zero attached hydrogens (tertiary/aromatic N) is 2. The topological polar surface area (TPSA) is 89.4 Å². The predicted molar refractivity (Wildman–Crippen MR) is 113 cm³/mol. The Morgan fingerprint density at radius 3 is 2.10 bits per heavy atom. The number of rotatable bonds is 5. The van der Waals surface area contributed by atoms with Crippen molar-refractivity contribution in [3.63, 3.8) is 0 Å². The van der Waals surface area contributed by atoms with Crippen LogP contribution < -0.4 is 0 Å². The van der Waals surface area contributed by atoms with E-state index in [0.717, 1.165) is 29.5 Å².